The molecule has 3 rings (SSSR count). The Bertz CT molecular complexity index is 580. The maximum atomic E-state index is 5.88. The van der Waals surface area contributed by atoms with Gasteiger partial charge in [-0.25, -0.2) is 0 Å². The zero-order valence-corrected chi connectivity index (χ0v) is 11.6. The zero-order valence-electron chi connectivity index (χ0n) is 10.0. The zero-order chi connectivity index (χ0) is 12.5. The maximum absolute atomic E-state index is 5.88. The van der Waals surface area contributed by atoms with Crippen molar-refractivity contribution in [2.45, 2.75) is 12.7 Å². The van der Waals surface area contributed by atoms with Gasteiger partial charge >= 0.3 is 0 Å². The number of ether oxygens (including phenoxy) is 2. The Labute approximate surface area is 115 Å². The third-order valence-corrected chi connectivity index (χ3v) is 3.71. The minimum Gasteiger partial charge on any atom is -0.488 e. The highest BCUT2D eigenvalue weighted by Gasteiger charge is 2.24. The van der Waals surface area contributed by atoms with Crippen LogP contribution < -0.4 is 4.74 Å². The van der Waals surface area contributed by atoms with Crippen LogP contribution in [0.25, 0.3) is 0 Å². The Hall–Kier alpha value is -1.32. The smallest absolute Gasteiger partial charge is 0.127 e. The Kier molecular flexibility index (Phi) is 3.10. The van der Waals surface area contributed by atoms with Gasteiger partial charge in [0.05, 0.1) is 0 Å². The highest BCUT2D eigenvalue weighted by atomic mass is 79.9. The van der Waals surface area contributed by atoms with E-state index in [9.17, 15) is 0 Å². The number of benzene rings is 2. The quantitative estimate of drug-likeness (QED) is 0.790. The fraction of sp³-hybridized carbons (Fsp3) is 0.200. The molecule has 0 fully saturated rings. The molecule has 0 amide bonds. The second-order valence-corrected chi connectivity index (χ2v) is 5.20. The number of halogens is 1. The highest BCUT2D eigenvalue weighted by Crippen LogP contribution is 2.38. The van der Waals surface area contributed by atoms with E-state index in [2.05, 4.69) is 34.1 Å². The van der Waals surface area contributed by atoms with E-state index in [1.54, 1.807) is 7.11 Å². The van der Waals surface area contributed by atoms with Crippen molar-refractivity contribution in [1.82, 2.24) is 0 Å². The normalized spacial score (nSPS) is 17.3. The van der Waals surface area contributed by atoms with Gasteiger partial charge in [-0.2, -0.15) is 0 Å². The van der Waals surface area contributed by atoms with Gasteiger partial charge in [0, 0.05) is 17.1 Å². The van der Waals surface area contributed by atoms with Crippen LogP contribution in [-0.2, 0) is 11.3 Å². The largest absolute Gasteiger partial charge is 0.488 e. The number of hydrogen-bond donors (Lipinski definition) is 0. The van der Waals surface area contributed by atoms with Crippen LogP contribution in [0.4, 0.5) is 0 Å². The van der Waals surface area contributed by atoms with E-state index < -0.39 is 0 Å². The van der Waals surface area contributed by atoms with Crippen molar-refractivity contribution in [3.05, 3.63) is 63.6 Å². The van der Waals surface area contributed by atoms with Crippen molar-refractivity contribution < 1.29 is 9.47 Å². The summed E-state index contributed by atoms with van der Waals surface area (Å²) in [6.07, 6.45) is -0.0631. The molecule has 92 valence electrons. The Morgan fingerprint density at radius 3 is 2.83 bits per heavy atom. The van der Waals surface area contributed by atoms with Crippen LogP contribution in [0.15, 0.2) is 46.9 Å². The molecule has 0 spiro atoms. The summed E-state index contributed by atoms with van der Waals surface area (Å²) in [6, 6.07) is 14.3. The Morgan fingerprint density at radius 2 is 2.00 bits per heavy atom. The molecule has 0 radical (unpaired) electrons. The van der Waals surface area contributed by atoms with E-state index in [0.717, 1.165) is 15.8 Å². The van der Waals surface area contributed by atoms with Crippen LogP contribution in [0, 0.1) is 0 Å². The summed E-state index contributed by atoms with van der Waals surface area (Å²) in [5.74, 6) is 0.882. The molecule has 3 heteroatoms. The average molecular weight is 305 g/mol. The number of fused-ring (bicyclic) bond motifs is 2. The molecular formula is C15H13BrO2. The van der Waals surface area contributed by atoms with Crippen molar-refractivity contribution in [3.8, 4) is 5.75 Å². The number of methoxy groups -OCH3 is 1. The van der Waals surface area contributed by atoms with E-state index in [0.29, 0.717) is 6.61 Å². The molecule has 1 atom stereocenters. The molecular weight excluding hydrogens is 292 g/mol. The fourth-order valence-corrected chi connectivity index (χ4v) is 2.69. The van der Waals surface area contributed by atoms with Gasteiger partial charge in [-0.05, 0) is 23.3 Å². The van der Waals surface area contributed by atoms with Crippen LogP contribution in [-0.4, -0.2) is 7.11 Å². The Morgan fingerprint density at radius 1 is 1.17 bits per heavy atom. The minimum atomic E-state index is -0.0631. The molecule has 2 nitrogen and oxygen atoms in total. The van der Waals surface area contributed by atoms with Gasteiger partial charge in [0.15, 0.2) is 0 Å². The van der Waals surface area contributed by atoms with Crippen LogP contribution in [0.5, 0.6) is 5.75 Å². The molecule has 0 saturated carbocycles. The van der Waals surface area contributed by atoms with Gasteiger partial charge in [0.2, 0.25) is 0 Å². The molecule has 0 saturated heterocycles. The van der Waals surface area contributed by atoms with Gasteiger partial charge in [0.25, 0.3) is 0 Å². The standard InChI is InChI=1S/C15H13BrO2/c1-17-15-12-5-3-2-4-10(12)9-18-14-8-11(16)6-7-13(14)15/h2-8,15H,9H2,1H3. The molecule has 0 N–H and O–H groups in total. The lowest BCUT2D eigenvalue weighted by Gasteiger charge is -2.17. The van der Waals surface area contributed by atoms with Crippen LogP contribution in [0.3, 0.4) is 0 Å². The molecule has 2 aromatic rings. The molecule has 1 unspecified atom stereocenters. The number of rotatable bonds is 1. The molecule has 18 heavy (non-hydrogen) atoms. The van der Waals surface area contributed by atoms with Crippen LogP contribution >= 0.6 is 15.9 Å². The third kappa shape index (κ3) is 1.93. The average Bonchev–Trinajstić information content (AvgIpc) is 2.55. The van der Waals surface area contributed by atoms with Crippen LogP contribution in [0.1, 0.15) is 22.8 Å². The molecule has 2 aromatic carbocycles. The van der Waals surface area contributed by atoms with Crippen molar-refractivity contribution in [2.24, 2.45) is 0 Å². The minimum absolute atomic E-state index is 0.0631. The maximum Gasteiger partial charge on any atom is 0.127 e. The topological polar surface area (TPSA) is 18.5 Å². The summed E-state index contributed by atoms with van der Waals surface area (Å²) >= 11 is 3.47. The monoisotopic (exact) mass is 304 g/mol. The summed E-state index contributed by atoms with van der Waals surface area (Å²) < 4.78 is 12.6. The molecule has 1 heterocycles. The molecule has 0 aliphatic carbocycles. The first-order valence-corrected chi connectivity index (χ1v) is 6.62. The van der Waals surface area contributed by atoms with E-state index in [-0.39, 0.29) is 6.10 Å². The second-order valence-electron chi connectivity index (χ2n) is 4.29. The Balaban J connectivity index is 2.18. The van der Waals surface area contributed by atoms with E-state index >= 15 is 0 Å². The molecule has 0 aromatic heterocycles. The van der Waals surface area contributed by atoms with Gasteiger partial charge in [-0.15, -0.1) is 0 Å². The van der Waals surface area contributed by atoms with Crippen molar-refractivity contribution in [1.29, 1.82) is 0 Å². The predicted molar refractivity (Wildman–Crippen MR) is 73.8 cm³/mol. The molecule has 1 aliphatic rings. The van der Waals surface area contributed by atoms with E-state index in [4.69, 9.17) is 9.47 Å². The SMILES string of the molecule is COC1c2ccccc2COc2cc(Br)ccc21. The summed E-state index contributed by atoms with van der Waals surface area (Å²) in [6.45, 7) is 0.583. The van der Waals surface area contributed by atoms with E-state index in [1.165, 1.54) is 11.1 Å². The van der Waals surface area contributed by atoms with Gasteiger partial charge in [-0.1, -0.05) is 46.3 Å². The fourth-order valence-electron chi connectivity index (χ4n) is 2.35. The summed E-state index contributed by atoms with van der Waals surface area (Å²) in [5, 5.41) is 0. The van der Waals surface area contributed by atoms with E-state index in [1.807, 2.05) is 24.3 Å². The van der Waals surface area contributed by atoms with Crippen molar-refractivity contribution >= 4 is 15.9 Å². The summed E-state index contributed by atoms with van der Waals surface area (Å²) in [7, 11) is 1.73. The lowest BCUT2D eigenvalue weighted by molar-refractivity contribution is 0.135. The molecule has 0 bridgehead atoms. The summed E-state index contributed by atoms with van der Waals surface area (Å²) in [5.41, 5.74) is 3.43. The van der Waals surface area contributed by atoms with Crippen LogP contribution in [0.2, 0.25) is 0 Å². The van der Waals surface area contributed by atoms with Gasteiger partial charge in [-0.3, -0.25) is 0 Å². The lowest BCUT2D eigenvalue weighted by Crippen LogP contribution is -2.04. The van der Waals surface area contributed by atoms with Crippen molar-refractivity contribution in [3.63, 3.8) is 0 Å². The first kappa shape index (κ1) is 11.8. The predicted octanol–water partition coefficient (Wildman–Crippen LogP) is 4.08. The third-order valence-electron chi connectivity index (χ3n) is 3.21. The van der Waals surface area contributed by atoms with Gasteiger partial charge in [0.1, 0.15) is 18.5 Å². The van der Waals surface area contributed by atoms with Crippen molar-refractivity contribution in [2.75, 3.05) is 7.11 Å². The second kappa shape index (κ2) is 4.75. The first-order valence-electron chi connectivity index (χ1n) is 5.82. The lowest BCUT2D eigenvalue weighted by atomic mass is 9.97. The summed E-state index contributed by atoms with van der Waals surface area (Å²) in [4.78, 5) is 0. The number of hydrogen-bond acceptors (Lipinski definition) is 2. The first-order chi connectivity index (χ1) is 8.79. The van der Waals surface area contributed by atoms with Gasteiger partial charge < -0.3 is 9.47 Å². The highest BCUT2D eigenvalue weighted by molar-refractivity contribution is 9.10. The molecule has 1 aliphatic heterocycles.